The Labute approximate surface area is 145 Å². The van der Waals surface area contributed by atoms with Gasteiger partial charge in [-0.25, -0.2) is 13.8 Å². The molecule has 0 radical (unpaired) electrons. The first-order chi connectivity index (χ1) is 12.2. The number of pyridine rings is 1. The number of hydrogen-bond acceptors (Lipinski definition) is 5. The van der Waals surface area contributed by atoms with E-state index in [4.69, 9.17) is 10.5 Å². The summed E-state index contributed by atoms with van der Waals surface area (Å²) in [5.41, 5.74) is 5.24. The van der Waals surface area contributed by atoms with Gasteiger partial charge in [0.1, 0.15) is 6.10 Å². The molecule has 0 aromatic carbocycles. The lowest BCUT2D eigenvalue weighted by Crippen LogP contribution is -2.34. The van der Waals surface area contributed by atoms with E-state index >= 15 is 0 Å². The lowest BCUT2D eigenvalue weighted by atomic mass is 10.2. The molecule has 1 fully saturated rings. The molecule has 26 heavy (non-hydrogen) atoms. The van der Waals surface area contributed by atoms with Crippen LogP contribution in [0.15, 0.2) is 18.3 Å². The van der Waals surface area contributed by atoms with Crippen LogP contribution in [-0.4, -0.2) is 54.5 Å². The molecule has 1 aliphatic rings. The average molecular weight is 379 g/mol. The van der Waals surface area contributed by atoms with E-state index in [1.165, 1.54) is 6.07 Å². The summed E-state index contributed by atoms with van der Waals surface area (Å²) in [6.07, 6.45) is -2.75. The maximum absolute atomic E-state index is 12.8. The van der Waals surface area contributed by atoms with Gasteiger partial charge in [0, 0.05) is 18.8 Å². The monoisotopic (exact) mass is 379 g/mol. The summed E-state index contributed by atoms with van der Waals surface area (Å²) in [5.74, 6) is -5.67. The fourth-order valence-corrected chi connectivity index (χ4v) is 2.21. The smallest absolute Gasteiger partial charge is 0.340 e. The van der Waals surface area contributed by atoms with Crippen molar-refractivity contribution in [2.24, 2.45) is 5.73 Å². The third kappa shape index (κ3) is 5.28. The molecule has 2 rings (SSSR count). The van der Waals surface area contributed by atoms with E-state index in [0.717, 1.165) is 12.3 Å². The summed E-state index contributed by atoms with van der Waals surface area (Å²) in [6, 6.07) is 2.37. The molecular weight excluding hydrogens is 362 g/mol. The SMILES string of the molecule is NC(=O)[C@@H]1CC[C@@H](CNC(=O)c2ccc(OCC(F)(F)C(F)F)nc2)O1. The van der Waals surface area contributed by atoms with Gasteiger partial charge in [-0.2, -0.15) is 8.78 Å². The standard InChI is InChI=1S/C15H17F4N3O4/c16-14(17)15(18,19)7-25-11-4-1-8(5-21-11)13(24)22-6-9-2-3-10(26-9)12(20)23/h1,4-5,9-10,14H,2-3,6-7H2,(H2,20,23)(H,22,24)/t9-,10-/m0/s1. The van der Waals surface area contributed by atoms with Crippen LogP contribution in [0, 0.1) is 0 Å². The lowest BCUT2D eigenvalue weighted by Gasteiger charge is -2.15. The predicted molar refractivity (Wildman–Crippen MR) is 80.1 cm³/mol. The highest BCUT2D eigenvalue weighted by Gasteiger charge is 2.41. The summed E-state index contributed by atoms with van der Waals surface area (Å²) < 4.78 is 59.4. The molecule has 2 heterocycles. The number of alkyl halides is 4. The minimum absolute atomic E-state index is 0.113. The summed E-state index contributed by atoms with van der Waals surface area (Å²) in [6.45, 7) is -1.37. The Kier molecular flexibility index (Phi) is 6.35. The number of nitrogens with zero attached hydrogens (tertiary/aromatic N) is 1. The van der Waals surface area contributed by atoms with Gasteiger partial charge in [-0.3, -0.25) is 9.59 Å². The van der Waals surface area contributed by atoms with E-state index in [1.807, 2.05) is 0 Å². The molecule has 2 amide bonds. The maximum atomic E-state index is 12.8. The minimum Gasteiger partial charge on any atom is -0.471 e. The Bertz CT molecular complexity index is 642. The van der Waals surface area contributed by atoms with Crippen LogP contribution in [0.25, 0.3) is 0 Å². The Balaban J connectivity index is 1.80. The second kappa shape index (κ2) is 8.30. The molecule has 0 bridgehead atoms. The molecule has 1 aromatic rings. The van der Waals surface area contributed by atoms with Gasteiger partial charge in [-0.15, -0.1) is 0 Å². The largest absolute Gasteiger partial charge is 0.471 e. The van der Waals surface area contributed by atoms with Gasteiger partial charge in [0.2, 0.25) is 11.8 Å². The number of carbonyl (C=O) groups excluding carboxylic acids is 2. The number of aromatic nitrogens is 1. The third-order valence-electron chi connectivity index (χ3n) is 3.65. The summed E-state index contributed by atoms with van der Waals surface area (Å²) in [5, 5.41) is 2.57. The number of halogens is 4. The number of amides is 2. The first-order valence-corrected chi connectivity index (χ1v) is 7.67. The molecule has 2 atom stereocenters. The quantitative estimate of drug-likeness (QED) is 0.659. The average Bonchev–Trinajstić information content (AvgIpc) is 3.07. The van der Waals surface area contributed by atoms with Gasteiger partial charge in [-0.1, -0.05) is 0 Å². The van der Waals surface area contributed by atoms with Crippen molar-refractivity contribution in [3.8, 4) is 5.88 Å². The summed E-state index contributed by atoms with van der Waals surface area (Å²) in [4.78, 5) is 26.6. The normalized spacial score (nSPS) is 20.2. The van der Waals surface area contributed by atoms with E-state index in [2.05, 4.69) is 15.0 Å². The van der Waals surface area contributed by atoms with Crippen molar-refractivity contribution in [1.82, 2.24) is 10.3 Å². The van der Waals surface area contributed by atoms with Gasteiger partial charge < -0.3 is 20.5 Å². The van der Waals surface area contributed by atoms with Crippen molar-refractivity contribution >= 4 is 11.8 Å². The fourth-order valence-electron chi connectivity index (χ4n) is 2.21. The second-order valence-corrected chi connectivity index (χ2v) is 5.67. The number of rotatable bonds is 8. The third-order valence-corrected chi connectivity index (χ3v) is 3.65. The number of carbonyl (C=O) groups is 2. The van der Waals surface area contributed by atoms with Crippen LogP contribution >= 0.6 is 0 Å². The first-order valence-electron chi connectivity index (χ1n) is 7.67. The zero-order valence-electron chi connectivity index (χ0n) is 13.5. The first kappa shape index (κ1) is 19.9. The van der Waals surface area contributed by atoms with E-state index < -0.39 is 36.9 Å². The highest BCUT2D eigenvalue weighted by atomic mass is 19.3. The van der Waals surface area contributed by atoms with Crippen molar-refractivity contribution in [1.29, 1.82) is 0 Å². The van der Waals surface area contributed by atoms with E-state index in [1.54, 1.807) is 0 Å². The van der Waals surface area contributed by atoms with Crippen molar-refractivity contribution in [3.05, 3.63) is 23.9 Å². The van der Waals surface area contributed by atoms with Crippen molar-refractivity contribution in [3.63, 3.8) is 0 Å². The number of hydrogen-bond donors (Lipinski definition) is 2. The summed E-state index contributed by atoms with van der Waals surface area (Å²) in [7, 11) is 0. The molecule has 0 saturated carbocycles. The Morgan fingerprint density at radius 3 is 2.65 bits per heavy atom. The van der Waals surface area contributed by atoms with Crippen LogP contribution in [0.4, 0.5) is 17.6 Å². The number of nitrogens with one attached hydrogen (secondary N) is 1. The highest BCUT2D eigenvalue weighted by molar-refractivity contribution is 5.93. The molecule has 3 N–H and O–H groups in total. The van der Waals surface area contributed by atoms with Gasteiger partial charge >= 0.3 is 12.3 Å². The highest BCUT2D eigenvalue weighted by Crippen LogP contribution is 2.23. The fraction of sp³-hybridized carbons (Fsp3) is 0.533. The Hall–Kier alpha value is -2.43. The lowest BCUT2D eigenvalue weighted by molar-refractivity contribution is -0.148. The molecule has 0 aliphatic carbocycles. The Morgan fingerprint density at radius 2 is 2.12 bits per heavy atom. The van der Waals surface area contributed by atoms with Crippen LogP contribution in [0.5, 0.6) is 5.88 Å². The zero-order chi connectivity index (χ0) is 19.3. The van der Waals surface area contributed by atoms with Crippen LogP contribution in [0.1, 0.15) is 23.2 Å². The molecule has 1 aliphatic heterocycles. The molecule has 0 unspecified atom stereocenters. The summed E-state index contributed by atoms with van der Waals surface area (Å²) >= 11 is 0. The zero-order valence-corrected chi connectivity index (χ0v) is 13.5. The molecule has 1 aromatic heterocycles. The van der Waals surface area contributed by atoms with Crippen molar-refractivity contribution in [2.45, 2.75) is 37.4 Å². The predicted octanol–water partition coefficient (Wildman–Crippen LogP) is 1.12. The van der Waals surface area contributed by atoms with Gasteiger partial charge in [-0.05, 0) is 18.9 Å². The molecular formula is C15H17F4N3O4. The van der Waals surface area contributed by atoms with E-state index in [9.17, 15) is 27.2 Å². The van der Waals surface area contributed by atoms with Crippen molar-refractivity contribution < 1.29 is 36.6 Å². The molecule has 11 heteroatoms. The van der Waals surface area contributed by atoms with Gasteiger partial charge in [0.15, 0.2) is 6.61 Å². The second-order valence-electron chi connectivity index (χ2n) is 5.67. The van der Waals surface area contributed by atoms with E-state index in [0.29, 0.717) is 12.8 Å². The molecule has 1 saturated heterocycles. The molecule has 0 spiro atoms. The van der Waals surface area contributed by atoms with Crippen LogP contribution < -0.4 is 15.8 Å². The molecule has 144 valence electrons. The molecule has 7 nitrogen and oxygen atoms in total. The Morgan fingerprint density at radius 1 is 1.38 bits per heavy atom. The number of nitrogens with two attached hydrogens (primary N) is 1. The maximum Gasteiger partial charge on any atom is 0.340 e. The minimum atomic E-state index is -4.29. The number of primary amides is 1. The topological polar surface area (TPSA) is 104 Å². The van der Waals surface area contributed by atoms with Crippen LogP contribution in [0.2, 0.25) is 0 Å². The van der Waals surface area contributed by atoms with Crippen LogP contribution in [0.3, 0.4) is 0 Å². The van der Waals surface area contributed by atoms with Gasteiger partial charge in [0.05, 0.1) is 11.7 Å². The van der Waals surface area contributed by atoms with Crippen LogP contribution in [-0.2, 0) is 9.53 Å². The van der Waals surface area contributed by atoms with E-state index in [-0.39, 0.29) is 24.1 Å². The van der Waals surface area contributed by atoms with Gasteiger partial charge in [0.25, 0.3) is 5.91 Å². The van der Waals surface area contributed by atoms with Crippen molar-refractivity contribution in [2.75, 3.05) is 13.2 Å². The number of ether oxygens (including phenoxy) is 2.